The summed E-state index contributed by atoms with van der Waals surface area (Å²) in [7, 11) is 1.66. The van der Waals surface area contributed by atoms with E-state index in [9.17, 15) is 0 Å². The molecule has 2 aromatic heterocycles. The molecule has 0 spiro atoms. The highest BCUT2D eigenvalue weighted by atomic mass is 16.5. The Labute approximate surface area is 151 Å². The number of aromatic amines is 1. The Hall–Kier alpha value is -3.61. The molecule has 0 aliphatic heterocycles. The first kappa shape index (κ1) is 17.2. The number of hydrogen-bond donors (Lipinski definition) is 3. The Morgan fingerprint density at radius 3 is 2.38 bits per heavy atom. The number of para-hydroxylation sites is 2. The van der Waals surface area contributed by atoms with Gasteiger partial charge in [-0.25, -0.2) is 4.98 Å². The fourth-order valence-electron chi connectivity index (χ4n) is 2.35. The standard InChI is InChI=1S/C12H12N6.C7H8O/c1-7-6-10(18-17-7)15-11-8-4-2-3-5-9(8)14-12(13)16-11;1-8-7-5-3-2-4-6-7/h2-6H,1H3,(H4,13,14,15,16,17,18);2-6H,1H3. The van der Waals surface area contributed by atoms with Crippen molar-refractivity contribution in [1.29, 1.82) is 0 Å². The van der Waals surface area contributed by atoms with Crippen molar-refractivity contribution in [3.8, 4) is 5.75 Å². The van der Waals surface area contributed by atoms with Crippen LogP contribution in [0.2, 0.25) is 0 Å². The van der Waals surface area contributed by atoms with Gasteiger partial charge in [-0.15, -0.1) is 0 Å². The molecule has 0 saturated carbocycles. The summed E-state index contributed by atoms with van der Waals surface area (Å²) in [4.78, 5) is 8.39. The van der Waals surface area contributed by atoms with Gasteiger partial charge in [0.25, 0.3) is 0 Å². The number of rotatable bonds is 3. The Morgan fingerprint density at radius 2 is 1.73 bits per heavy atom. The first-order valence-electron chi connectivity index (χ1n) is 8.06. The molecule has 0 saturated heterocycles. The predicted molar refractivity (Wildman–Crippen MR) is 104 cm³/mol. The maximum absolute atomic E-state index is 5.69. The van der Waals surface area contributed by atoms with E-state index < -0.39 is 0 Å². The van der Waals surface area contributed by atoms with E-state index in [-0.39, 0.29) is 5.95 Å². The van der Waals surface area contributed by atoms with Crippen LogP contribution in [-0.2, 0) is 0 Å². The molecule has 0 fully saturated rings. The average Bonchev–Trinajstić information content (AvgIpc) is 3.07. The van der Waals surface area contributed by atoms with Crippen LogP contribution < -0.4 is 15.8 Å². The van der Waals surface area contributed by atoms with Crippen molar-refractivity contribution in [2.45, 2.75) is 6.92 Å². The van der Waals surface area contributed by atoms with Crippen LogP contribution in [0.3, 0.4) is 0 Å². The topological polar surface area (TPSA) is 102 Å². The molecule has 0 atom stereocenters. The summed E-state index contributed by atoms with van der Waals surface area (Å²) < 4.78 is 4.91. The van der Waals surface area contributed by atoms with Gasteiger partial charge in [0.2, 0.25) is 5.95 Å². The van der Waals surface area contributed by atoms with E-state index in [0.29, 0.717) is 11.6 Å². The molecule has 0 aliphatic rings. The molecule has 4 N–H and O–H groups in total. The SMILES string of the molecule is COc1ccccc1.Cc1cc(Nc2nc(N)nc3ccccc23)n[nH]1. The fraction of sp³-hybridized carbons (Fsp3) is 0.105. The number of anilines is 3. The summed E-state index contributed by atoms with van der Waals surface area (Å²) in [5.74, 6) is 2.51. The van der Waals surface area contributed by atoms with Gasteiger partial charge >= 0.3 is 0 Å². The number of H-pyrrole nitrogens is 1. The van der Waals surface area contributed by atoms with Crippen LogP contribution >= 0.6 is 0 Å². The average molecular weight is 348 g/mol. The number of benzene rings is 2. The molecule has 4 rings (SSSR count). The zero-order chi connectivity index (χ0) is 18.4. The summed E-state index contributed by atoms with van der Waals surface area (Å²) in [5.41, 5.74) is 7.47. The number of nitrogens with zero attached hydrogens (tertiary/aromatic N) is 3. The third kappa shape index (κ3) is 4.27. The minimum atomic E-state index is 0.239. The lowest BCUT2D eigenvalue weighted by atomic mass is 10.2. The lowest BCUT2D eigenvalue weighted by Crippen LogP contribution is -2.01. The first-order valence-corrected chi connectivity index (χ1v) is 8.06. The first-order chi connectivity index (χ1) is 12.7. The molecule has 26 heavy (non-hydrogen) atoms. The van der Waals surface area contributed by atoms with Gasteiger partial charge in [-0.3, -0.25) is 5.10 Å². The van der Waals surface area contributed by atoms with E-state index in [0.717, 1.165) is 22.3 Å². The van der Waals surface area contributed by atoms with Gasteiger partial charge in [-0.2, -0.15) is 10.1 Å². The van der Waals surface area contributed by atoms with Crippen molar-refractivity contribution < 1.29 is 4.74 Å². The van der Waals surface area contributed by atoms with Crippen molar-refractivity contribution in [3.63, 3.8) is 0 Å². The lowest BCUT2D eigenvalue weighted by Gasteiger charge is -2.06. The maximum atomic E-state index is 5.69. The largest absolute Gasteiger partial charge is 0.497 e. The zero-order valence-corrected chi connectivity index (χ0v) is 14.6. The molecule has 0 amide bonds. The van der Waals surface area contributed by atoms with Crippen LogP contribution in [0.4, 0.5) is 17.6 Å². The van der Waals surface area contributed by atoms with Crippen molar-refractivity contribution in [3.05, 3.63) is 66.4 Å². The third-order valence-electron chi connectivity index (χ3n) is 3.55. The number of nitrogens with one attached hydrogen (secondary N) is 2. The van der Waals surface area contributed by atoms with Crippen molar-refractivity contribution in [2.24, 2.45) is 0 Å². The van der Waals surface area contributed by atoms with Gasteiger partial charge in [0.15, 0.2) is 5.82 Å². The Bertz CT molecular complexity index is 984. The van der Waals surface area contributed by atoms with Gasteiger partial charge in [0, 0.05) is 17.1 Å². The number of hydrogen-bond acceptors (Lipinski definition) is 6. The maximum Gasteiger partial charge on any atom is 0.222 e. The molecular weight excluding hydrogens is 328 g/mol. The number of methoxy groups -OCH3 is 1. The highest BCUT2D eigenvalue weighted by molar-refractivity contribution is 5.91. The van der Waals surface area contributed by atoms with Gasteiger partial charge < -0.3 is 15.8 Å². The van der Waals surface area contributed by atoms with Crippen molar-refractivity contribution >= 4 is 28.5 Å². The number of nitrogens with two attached hydrogens (primary N) is 1. The van der Waals surface area contributed by atoms with E-state index in [1.165, 1.54) is 0 Å². The predicted octanol–water partition coefficient (Wildman–Crippen LogP) is 3.68. The number of ether oxygens (including phenoxy) is 1. The van der Waals surface area contributed by atoms with E-state index in [1.54, 1.807) is 7.11 Å². The zero-order valence-electron chi connectivity index (χ0n) is 14.6. The van der Waals surface area contributed by atoms with Gasteiger partial charge in [-0.05, 0) is 31.2 Å². The molecular formula is C19H20N6O. The number of fused-ring (bicyclic) bond motifs is 1. The smallest absolute Gasteiger partial charge is 0.222 e. The molecule has 0 unspecified atom stereocenters. The van der Waals surface area contributed by atoms with Gasteiger partial charge in [-0.1, -0.05) is 30.3 Å². The quantitative estimate of drug-likeness (QED) is 0.522. The van der Waals surface area contributed by atoms with Gasteiger partial charge in [0.05, 0.1) is 12.6 Å². The van der Waals surface area contributed by atoms with E-state index in [1.807, 2.05) is 67.6 Å². The second kappa shape index (κ2) is 7.98. The van der Waals surface area contributed by atoms with Crippen LogP contribution in [0.1, 0.15) is 5.69 Å². The molecule has 7 nitrogen and oxygen atoms in total. The molecule has 4 aromatic rings. The summed E-state index contributed by atoms with van der Waals surface area (Å²) in [6.07, 6.45) is 0. The minimum Gasteiger partial charge on any atom is -0.497 e. The van der Waals surface area contributed by atoms with Crippen molar-refractivity contribution in [2.75, 3.05) is 18.2 Å². The van der Waals surface area contributed by atoms with Crippen LogP contribution in [0.25, 0.3) is 10.9 Å². The Kier molecular flexibility index (Phi) is 5.28. The number of aryl methyl sites for hydroxylation is 1. The van der Waals surface area contributed by atoms with Crippen LogP contribution in [0.15, 0.2) is 60.7 Å². The molecule has 2 aromatic carbocycles. The monoisotopic (exact) mass is 348 g/mol. The second-order valence-corrected chi connectivity index (χ2v) is 5.53. The van der Waals surface area contributed by atoms with Crippen LogP contribution in [0, 0.1) is 6.92 Å². The number of nitrogen functional groups attached to an aromatic ring is 1. The third-order valence-corrected chi connectivity index (χ3v) is 3.55. The van der Waals surface area contributed by atoms with Gasteiger partial charge in [0.1, 0.15) is 11.6 Å². The van der Waals surface area contributed by atoms with E-state index in [4.69, 9.17) is 10.5 Å². The summed E-state index contributed by atoms with van der Waals surface area (Å²) in [6, 6.07) is 19.3. The highest BCUT2D eigenvalue weighted by Gasteiger charge is 2.07. The summed E-state index contributed by atoms with van der Waals surface area (Å²) in [6.45, 7) is 1.94. The fourth-order valence-corrected chi connectivity index (χ4v) is 2.35. The normalized spacial score (nSPS) is 10.1. The molecule has 132 valence electrons. The van der Waals surface area contributed by atoms with Crippen LogP contribution in [-0.4, -0.2) is 27.3 Å². The Morgan fingerprint density at radius 1 is 1.00 bits per heavy atom. The molecule has 0 radical (unpaired) electrons. The van der Waals surface area contributed by atoms with E-state index in [2.05, 4.69) is 25.5 Å². The number of aromatic nitrogens is 4. The lowest BCUT2D eigenvalue weighted by molar-refractivity contribution is 0.415. The molecule has 0 aliphatic carbocycles. The summed E-state index contributed by atoms with van der Waals surface area (Å²) in [5, 5.41) is 11.0. The molecule has 2 heterocycles. The minimum absolute atomic E-state index is 0.239. The highest BCUT2D eigenvalue weighted by Crippen LogP contribution is 2.23. The van der Waals surface area contributed by atoms with E-state index >= 15 is 0 Å². The molecule has 0 bridgehead atoms. The second-order valence-electron chi connectivity index (χ2n) is 5.53. The van der Waals surface area contributed by atoms with Crippen LogP contribution in [0.5, 0.6) is 5.75 Å². The Balaban J connectivity index is 0.000000206. The summed E-state index contributed by atoms with van der Waals surface area (Å²) >= 11 is 0. The van der Waals surface area contributed by atoms with Crippen molar-refractivity contribution in [1.82, 2.24) is 20.2 Å². The molecule has 7 heteroatoms.